The summed E-state index contributed by atoms with van der Waals surface area (Å²) in [4.78, 5) is 14.8. The molecule has 72 valence electrons. The second kappa shape index (κ2) is 3.36. The lowest BCUT2D eigenvalue weighted by molar-refractivity contribution is 0.0682. The van der Waals surface area contributed by atoms with Gasteiger partial charge in [-0.15, -0.1) is 0 Å². The molecule has 0 aromatic carbocycles. The highest BCUT2D eigenvalue weighted by Crippen LogP contribution is 2.23. The molecule has 0 unspecified atom stereocenters. The SMILES string of the molecule is O=C(O)c1nc(Br)c2cccc(Br)n12. The first-order chi connectivity index (χ1) is 6.61. The standard InChI is InChI=1S/C8H4Br2N2O2/c9-5-3-1-2-4-6(10)11-7(8(13)14)12(4)5/h1-3H,(H,13,14). The van der Waals surface area contributed by atoms with Crippen molar-refractivity contribution in [3.8, 4) is 0 Å². The number of hydrogen-bond donors (Lipinski definition) is 1. The first-order valence-corrected chi connectivity index (χ1v) is 5.25. The first kappa shape index (κ1) is 9.67. The van der Waals surface area contributed by atoms with Crippen molar-refractivity contribution in [1.82, 2.24) is 9.38 Å². The highest BCUT2D eigenvalue weighted by Gasteiger charge is 2.16. The molecule has 4 nitrogen and oxygen atoms in total. The monoisotopic (exact) mass is 318 g/mol. The summed E-state index contributed by atoms with van der Waals surface area (Å²) in [5.74, 6) is -1.07. The van der Waals surface area contributed by atoms with Gasteiger partial charge in [0.05, 0.1) is 10.1 Å². The zero-order valence-corrected chi connectivity index (χ0v) is 9.91. The molecule has 0 aliphatic rings. The lowest BCUT2D eigenvalue weighted by Crippen LogP contribution is -2.04. The van der Waals surface area contributed by atoms with Crippen LogP contribution in [0.15, 0.2) is 27.4 Å². The Morgan fingerprint density at radius 2 is 2.14 bits per heavy atom. The van der Waals surface area contributed by atoms with E-state index in [1.807, 2.05) is 6.07 Å². The summed E-state index contributed by atoms with van der Waals surface area (Å²) < 4.78 is 2.70. The van der Waals surface area contributed by atoms with Crippen molar-refractivity contribution in [2.45, 2.75) is 0 Å². The van der Waals surface area contributed by atoms with Gasteiger partial charge in [0.25, 0.3) is 0 Å². The average molecular weight is 320 g/mol. The second-order valence-electron chi connectivity index (χ2n) is 2.60. The molecule has 0 aliphatic heterocycles. The van der Waals surface area contributed by atoms with Gasteiger partial charge < -0.3 is 5.11 Å². The molecule has 0 amide bonds. The van der Waals surface area contributed by atoms with Crippen LogP contribution >= 0.6 is 31.9 Å². The smallest absolute Gasteiger partial charge is 0.372 e. The Labute approximate surface area is 95.8 Å². The topological polar surface area (TPSA) is 54.6 Å². The van der Waals surface area contributed by atoms with E-state index in [1.54, 1.807) is 12.1 Å². The van der Waals surface area contributed by atoms with E-state index in [2.05, 4.69) is 36.8 Å². The number of hydrogen-bond acceptors (Lipinski definition) is 2. The third-order valence-electron chi connectivity index (χ3n) is 1.76. The molecule has 2 heterocycles. The molecular formula is C8H4Br2N2O2. The number of aromatic nitrogens is 2. The Morgan fingerprint density at radius 1 is 1.43 bits per heavy atom. The number of carboxylic acid groups (broad SMARTS) is 1. The third-order valence-corrected chi connectivity index (χ3v) is 2.96. The van der Waals surface area contributed by atoms with E-state index < -0.39 is 5.97 Å². The normalized spacial score (nSPS) is 10.7. The maximum absolute atomic E-state index is 10.9. The zero-order valence-electron chi connectivity index (χ0n) is 6.74. The van der Waals surface area contributed by atoms with Crippen LogP contribution in [-0.2, 0) is 0 Å². The lowest BCUT2D eigenvalue weighted by atomic mass is 10.4. The molecule has 1 N–H and O–H groups in total. The molecule has 0 saturated carbocycles. The predicted octanol–water partition coefficient (Wildman–Crippen LogP) is 2.56. The van der Waals surface area contributed by atoms with Crippen LogP contribution in [-0.4, -0.2) is 20.5 Å². The number of pyridine rings is 1. The van der Waals surface area contributed by atoms with E-state index in [9.17, 15) is 4.79 Å². The minimum Gasteiger partial charge on any atom is -0.475 e. The Hall–Kier alpha value is -0.880. The van der Waals surface area contributed by atoms with Crippen molar-refractivity contribution in [3.63, 3.8) is 0 Å². The van der Waals surface area contributed by atoms with E-state index >= 15 is 0 Å². The Balaban J connectivity index is 2.93. The van der Waals surface area contributed by atoms with Crippen LogP contribution in [0.1, 0.15) is 10.6 Å². The largest absolute Gasteiger partial charge is 0.475 e. The minimum absolute atomic E-state index is 0.0145. The number of carboxylic acids is 1. The number of imidazole rings is 1. The predicted molar refractivity (Wildman–Crippen MR) is 57.6 cm³/mol. The highest BCUT2D eigenvalue weighted by molar-refractivity contribution is 9.11. The number of nitrogens with zero attached hydrogens (tertiary/aromatic N) is 2. The Bertz CT molecular complexity index is 521. The van der Waals surface area contributed by atoms with E-state index in [-0.39, 0.29) is 5.82 Å². The third kappa shape index (κ3) is 1.34. The molecule has 0 saturated heterocycles. The summed E-state index contributed by atoms with van der Waals surface area (Å²) in [5.41, 5.74) is 0.719. The quantitative estimate of drug-likeness (QED) is 0.822. The van der Waals surface area contributed by atoms with Crippen LogP contribution in [0.3, 0.4) is 0 Å². The van der Waals surface area contributed by atoms with Gasteiger partial charge in [-0.1, -0.05) is 6.07 Å². The summed E-state index contributed by atoms with van der Waals surface area (Å²) in [6.45, 7) is 0. The van der Waals surface area contributed by atoms with Crippen molar-refractivity contribution in [2.75, 3.05) is 0 Å². The van der Waals surface area contributed by atoms with Crippen molar-refractivity contribution in [1.29, 1.82) is 0 Å². The molecule has 2 rings (SSSR count). The Kier molecular flexibility index (Phi) is 2.32. The molecule has 0 atom stereocenters. The van der Waals surface area contributed by atoms with Gasteiger partial charge in [-0.05, 0) is 44.0 Å². The fourth-order valence-electron chi connectivity index (χ4n) is 1.20. The molecular weight excluding hydrogens is 316 g/mol. The van der Waals surface area contributed by atoms with E-state index in [0.29, 0.717) is 9.21 Å². The van der Waals surface area contributed by atoms with Crippen molar-refractivity contribution in [3.05, 3.63) is 33.2 Å². The van der Waals surface area contributed by atoms with Gasteiger partial charge in [0, 0.05) is 0 Å². The molecule has 2 aromatic heterocycles. The van der Waals surface area contributed by atoms with Crippen LogP contribution in [0, 0.1) is 0 Å². The molecule has 0 spiro atoms. The number of carbonyl (C=O) groups is 1. The first-order valence-electron chi connectivity index (χ1n) is 3.67. The Morgan fingerprint density at radius 3 is 2.79 bits per heavy atom. The molecule has 6 heteroatoms. The van der Waals surface area contributed by atoms with E-state index in [1.165, 1.54) is 4.40 Å². The van der Waals surface area contributed by atoms with Crippen molar-refractivity contribution in [2.24, 2.45) is 0 Å². The van der Waals surface area contributed by atoms with Gasteiger partial charge in [-0.25, -0.2) is 9.78 Å². The van der Waals surface area contributed by atoms with Crippen molar-refractivity contribution < 1.29 is 9.90 Å². The van der Waals surface area contributed by atoms with Crippen LogP contribution < -0.4 is 0 Å². The average Bonchev–Trinajstić information content (AvgIpc) is 2.46. The molecule has 14 heavy (non-hydrogen) atoms. The molecule has 0 bridgehead atoms. The maximum Gasteiger partial charge on any atom is 0.372 e. The van der Waals surface area contributed by atoms with Gasteiger partial charge in [0.2, 0.25) is 5.82 Å². The summed E-state index contributed by atoms with van der Waals surface area (Å²) in [5, 5.41) is 8.90. The number of halogens is 2. The van der Waals surface area contributed by atoms with Gasteiger partial charge >= 0.3 is 5.97 Å². The van der Waals surface area contributed by atoms with E-state index in [0.717, 1.165) is 5.52 Å². The highest BCUT2D eigenvalue weighted by atomic mass is 79.9. The maximum atomic E-state index is 10.9. The molecule has 0 radical (unpaired) electrons. The summed E-state index contributed by atoms with van der Waals surface area (Å²) in [6, 6.07) is 5.36. The second-order valence-corrected chi connectivity index (χ2v) is 4.16. The summed E-state index contributed by atoms with van der Waals surface area (Å²) in [6.07, 6.45) is 0. The fraction of sp³-hybridized carbons (Fsp3) is 0. The van der Waals surface area contributed by atoms with Crippen molar-refractivity contribution >= 4 is 43.3 Å². The zero-order chi connectivity index (χ0) is 10.3. The van der Waals surface area contributed by atoms with Gasteiger partial charge in [-0.2, -0.15) is 0 Å². The summed E-state index contributed by atoms with van der Waals surface area (Å²) >= 11 is 6.47. The lowest BCUT2D eigenvalue weighted by Gasteiger charge is -1.98. The molecule has 2 aromatic rings. The van der Waals surface area contributed by atoms with Crippen LogP contribution in [0.5, 0.6) is 0 Å². The van der Waals surface area contributed by atoms with Gasteiger partial charge in [0.1, 0.15) is 4.60 Å². The van der Waals surface area contributed by atoms with Crippen LogP contribution in [0.4, 0.5) is 0 Å². The van der Waals surface area contributed by atoms with Gasteiger partial charge in [-0.3, -0.25) is 4.40 Å². The number of rotatable bonds is 1. The summed E-state index contributed by atoms with van der Waals surface area (Å²) in [7, 11) is 0. The molecule has 0 aliphatic carbocycles. The van der Waals surface area contributed by atoms with Crippen LogP contribution in [0.25, 0.3) is 5.52 Å². The fourth-order valence-corrected chi connectivity index (χ4v) is 2.19. The van der Waals surface area contributed by atoms with Gasteiger partial charge in [0.15, 0.2) is 0 Å². The molecule has 0 fully saturated rings. The number of aromatic carboxylic acids is 1. The van der Waals surface area contributed by atoms with Crippen LogP contribution in [0.2, 0.25) is 0 Å². The van der Waals surface area contributed by atoms with E-state index in [4.69, 9.17) is 5.11 Å². The minimum atomic E-state index is -1.06. The number of fused-ring (bicyclic) bond motifs is 1.